The Labute approximate surface area is 711 Å². The van der Waals surface area contributed by atoms with Crippen molar-refractivity contribution in [3.05, 3.63) is 379 Å². The average Bonchev–Trinajstić information content (AvgIpc) is 0.814. The highest BCUT2D eigenvalue weighted by Gasteiger charge is 2.26. The summed E-state index contributed by atoms with van der Waals surface area (Å²) in [6.07, 6.45) is 0. The molecule has 15 aromatic carbocycles. The summed E-state index contributed by atoms with van der Waals surface area (Å²) in [5.41, 5.74) is 13.0. The standard InChI is InChI=1S/C40H32N2O7.C34H28N2O5.C28H24N2O3/c43-31-5-13-35(14-6-31)48-37-17-19-39-27(21-37)23-41(25-45-39)29-1-9-33(10-2-29)47-34-11-3-30(4-12-34)42-24-28-22-38(18-20-40(28)46-26-42)49-36-15-7-32(44)8-16-36;37-28-9-15-31(16-10-28)41-32-17-18-34-25(19-32)21-36(23-39-34)27-7-13-30(14-8-27)40-29-11-5-26(6-12-29)35-20-24-3-1-2-4-33(24)38-22-35;1-3-7-27-21(5-1)17-29(19-31-27)23-9-13-25(14-10-23)33-26-15-11-24(12-16-26)30-18-22-6-2-4-8-28(22)32-20-30/h1-22,43-44H,23-26H2;1-19,37H,20-23H2;1-16H,17-20H2. The quantitative estimate of drug-likeness (QED) is 0.0734. The molecule has 0 radical (unpaired) electrons. The summed E-state index contributed by atoms with van der Waals surface area (Å²) in [5.74, 6) is 14.7. The summed E-state index contributed by atoms with van der Waals surface area (Å²) < 4.78 is 72.0. The van der Waals surface area contributed by atoms with Crippen LogP contribution in [0.1, 0.15) is 33.4 Å². The molecular formula is C102H84N6O15. The molecule has 0 amide bonds. The number of anilines is 6. The number of fused-ring (bicyclic) bond motifs is 6. The van der Waals surface area contributed by atoms with Gasteiger partial charge in [0.25, 0.3) is 0 Å². The van der Waals surface area contributed by atoms with E-state index in [0.29, 0.717) is 94.5 Å². The Balaban J connectivity index is 0.000000124. The molecular weight excluding hydrogens is 1550 g/mol. The molecule has 0 aliphatic carbocycles. The summed E-state index contributed by atoms with van der Waals surface area (Å²) in [4.78, 5) is 13.1. The first-order valence-corrected chi connectivity index (χ1v) is 40.4. The number of para-hydroxylation sites is 3. The van der Waals surface area contributed by atoms with Crippen LogP contribution in [0.4, 0.5) is 34.1 Å². The van der Waals surface area contributed by atoms with Crippen LogP contribution in [0.15, 0.2) is 346 Å². The van der Waals surface area contributed by atoms with E-state index >= 15 is 0 Å². The molecule has 3 N–H and O–H groups in total. The minimum absolute atomic E-state index is 0.196. The van der Waals surface area contributed by atoms with E-state index in [-0.39, 0.29) is 17.2 Å². The highest BCUT2D eigenvalue weighted by Crippen LogP contribution is 2.42. The van der Waals surface area contributed by atoms with Crippen molar-refractivity contribution in [2.45, 2.75) is 39.3 Å². The van der Waals surface area contributed by atoms with Crippen LogP contribution >= 0.6 is 0 Å². The number of phenols is 3. The summed E-state index contributed by atoms with van der Waals surface area (Å²) in [6, 6.07) is 110. The Morgan fingerprint density at radius 1 is 0.171 bits per heavy atom. The van der Waals surface area contributed by atoms with E-state index in [0.717, 1.165) is 139 Å². The normalized spacial score (nSPS) is 13.9. The maximum Gasteiger partial charge on any atom is 0.161 e. The van der Waals surface area contributed by atoms with Crippen LogP contribution in [0.2, 0.25) is 0 Å². The maximum absolute atomic E-state index is 9.53. The molecule has 0 saturated heterocycles. The molecule has 6 aliphatic heterocycles. The third kappa shape index (κ3) is 18.7. The van der Waals surface area contributed by atoms with Gasteiger partial charge in [-0.05, 0) is 291 Å². The van der Waals surface area contributed by atoms with Crippen LogP contribution in [0.5, 0.6) is 121 Å². The minimum atomic E-state index is 0.196. The SMILES string of the molecule is Oc1ccc(Oc2ccc3c(c2)CN(c2ccc(Oc4ccc(N5COc6ccc(Oc7ccc(O)cc7)cc6C5)cc4)cc2)CO3)cc1.Oc1ccc(Oc2ccc3c(c2)CN(c2ccc(Oc4ccc(N5COc6ccccc6C5)cc4)cc2)CO3)cc1.c1ccc2c(c1)CN(c1ccc(Oc3ccc(N4COc5ccccc5C4)cc3)cc1)CO2. The Kier molecular flexibility index (Phi) is 22.1. The van der Waals surface area contributed by atoms with Crippen molar-refractivity contribution in [2.75, 3.05) is 69.8 Å². The summed E-state index contributed by atoms with van der Waals surface area (Å²) in [7, 11) is 0. The van der Waals surface area contributed by atoms with Crippen molar-refractivity contribution in [1.82, 2.24) is 0 Å². The number of nitrogens with zero attached hydrogens (tertiary/aromatic N) is 6. The first kappa shape index (κ1) is 77.0. The fraction of sp³-hybridized carbons (Fsp3) is 0.118. The number of aromatic hydroxyl groups is 3. The fourth-order valence-electron chi connectivity index (χ4n) is 15.1. The second kappa shape index (κ2) is 35.3. The molecule has 15 aromatic rings. The van der Waals surface area contributed by atoms with Gasteiger partial charge in [0.15, 0.2) is 40.4 Å². The number of hydrogen-bond acceptors (Lipinski definition) is 21. The first-order valence-electron chi connectivity index (χ1n) is 40.4. The molecule has 0 fully saturated rings. The van der Waals surface area contributed by atoms with Gasteiger partial charge in [0.1, 0.15) is 121 Å². The van der Waals surface area contributed by atoms with Gasteiger partial charge in [0.2, 0.25) is 0 Å². The topological polar surface area (TPSA) is 191 Å². The number of benzene rings is 15. The van der Waals surface area contributed by atoms with E-state index in [4.69, 9.17) is 56.8 Å². The van der Waals surface area contributed by atoms with Crippen molar-refractivity contribution < 1.29 is 72.2 Å². The van der Waals surface area contributed by atoms with Gasteiger partial charge in [0, 0.05) is 107 Å². The molecule has 0 atom stereocenters. The average molecular weight is 1630 g/mol. The molecule has 6 heterocycles. The van der Waals surface area contributed by atoms with Gasteiger partial charge in [-0.25, -0.2) is 0 Å². The zero-order valence-corrected chi connectivity index (χ0v) is 66.8. The summed E-state index contributed by atoms with van der Waals surface area (Å²) in [5, 5.41) is 28.6. The molecule has 123 heavy (non-hydrogen) atoms. The lowest BCUT2D eigenvalue weighted by molar-refractivity contribution is 0.288. The lowest BCUT2D eigenvalue weighted by Gasteiger charge is -2.31. The van der Waals surface area contributed by atoms with E-state index in [1.54, 1.807) is 72.8 Å². The summed E-state index contributed by atoms with van der Waals surface area (Å²) >= 11 is 0. The number of ether oxygens (including phenoxy) is 12. The molecule has 21 nitrogen and oxygen atoms in total. The van der Waals surface area contributed by atoms with Gasteiger partial charge in [-0.2, -0.15) is 0 Å². The predicted molar refractivity (Wildman–Crippen MR) is 472 cm³/mol. The molecule has 0 bridgehead atoms. The monoisotopic (exact) mass is 1630 g/mol. The largest absolute Gasteiger partial charge is 0.508 e. The molecule has 0 unspecified atom stereocenters. The predicted octanol–water partition coefficient (Wildman–Crippen LogP) is 23.1. The van der Waals surface area contributed by atoms with Crippen molar-refractivity contribution in [2.24, 2.45) is 0 Å². The van der Waals surface area contributed by atoms with Gasteiger partial charge in [-0.1, -0.05) is 54.6 Å². The van der Waals surface area contributed by atoms with Crippen LogP contribution in [-0.4, -0.2) is 55.7 Å². The first-order chi connectivity index (χ1) is 60.5. The van der Waals surface area contributed by atoms with Crippen molar-refractivity contribution >= 4 is 34.1 Å². The van der Waals surface area contributed by atoms with E-state index < -0.39 is 0 Å². The molecule has 0 spiro atoms. The van der Waals surface area contributed by atoms with E-state index in [1.165, 1.54) is 16.7 Å². The fourth-order valence-corrected chi connectivity index (χ4v) is 15.1. The number of phenolic OH excluding ortho intramolecular Hbond substituents is 3. The van der Waals surface area contributed by atoms with Gasteiger partial charge >= 0.3 is 0 Å². The third-order valence-corrected chi connectivity index (χ3v) is 21.6. The Morgan fingerprint density at radius 3 is 0.545 bits per heavy atom. The third-order valence-electron chi connectivity index (χ3n) is 21.6. The molecule has 21 heteroatoms. The number of hydrogen-bond donors (Lipinski definition) is 3. The van der Waals surface area contributed by atoms with Crippen LogP contribution < -0.4 is 86.2 Å². The van der Waals surface area contributed by atoms with Crippen molar-refractivity contribution in [3.63, 3.8) is 0 Å². The zero-order chi connectivity index (χ0) is 82.8. The van der Waals surface area contributed by atoms with Gasteiger partial charge in [0.05, 0.1) is 0 Å². The molecule has 612 valence electrons. The van der Waals surface area contributed by atoms with E-state index in [9.17, 15) is 15.3 Å². The highest BCUT2D eigenvalue weighted by atomic mass is 16.5. The smallest absolute Gasteiger partial charge is 0.161 e. The molecule has 0 aromatic heterocycles. The van der Waals surface area contributed by atoms with Gasteiger partial charge in [-0.3, -0.25) is 0 Å². The molecule has 21 rings (SSSR count). The van der Waals surface area contributed by atoms with Crippen LogP contribution in [0.3, 0.4) is 0 Å². The lowest BCUT2D eigenvalue weighted by atomic mass is 10.1. The van der Waals surface area contributed by atoms with Crippen molar-refractivity contribution in [3.8, 4) is 121 Å². The highest BCUT2D eigenvalue weighted by molar-refractivity contribution is 5.61. The van der Waals surface area contributed by atoms with Gasteiger partial charge in [-0.15, -0.1) is 0 Å². The molecule has 0 saturated carbocycles. The van der Waals surface area contributed by atoms with Gasteiger partial charge < -0.3 is 102 Å². The van der Waals surface area contributed by atoms with Crippen LogP contribution in [0, 0.1) is 0 Å². The Morgan fingerprint density at radius 2 is 0.333 bits per heavy atom. The van der Waals surface area contributed by atoms with E-state index in [1.807, 2.05) is 218 Å². The van der Waals surface area contributed by atoms with E-state index in [2.05, 4.69) is 84.0 Å². The maximum atomic E-state index is 9.53. The zero-order valence-electron chi connectivity index (χ0n) is 66.8. The lowest BCUT2D eigenvalue weighted by Crippen LogP contribution is -2.31. The number of rotatable bonds is 18. The van der Waals surface area contributed by atoms with Crippen LogP contribution in [-0.2, 0) is 39.3 Å². The Bertz CT molecular complexity index is 5910. The second-order valence-electron chi connectivity index (χ2n) is 30.0. The molecule has 6 aliphatic rings. The Hall–Kier alpha value is -15.9. The summed E-state index contributed by atoms with van der Waals surface area (Å²) in [6.45, 7) is 7.45. The second-order valence-corrected chi connectivity index (χ2v) is 30.0. The van der Waals surface area contributed by atoms with Crippen molar-refractivity contribution in [1.29, 1.82) is 0 Å². The van der Waals surface area contributed by atoms with Crippen LogP contribution in [0.25, 0.3) is 0 Å². The minimum Gasteiger partial charge on any atom is -0.508 e.